The van der Waals surface area contributed by atoms with Crippen LogP contribution in [0.5, 0.6) is 0 Å². The molecule has 1 aromatic rings. The normalized spacial score (nSPS) is 10.2. The summed E-state index contributed by atoms with van der Waals surface area (Å²) in [5.74, 6) is 0.287. The number of nitrogens with one attached hydrogen (secondary N) is 1. The Kier molecular flexibility index (Phi) is 4.03. The van der Waals surface area contributed by atoms with Crippen LogP contribution in [0.2, 0.25) is 0 Å². The molecule has 1 rings (SSSR count). The Labute approximate surface area is 94.2 Å². The Hall–Kier alpha value is -1.16. The van der Waals surface area contributed by atoms with E-state index in [-0.39, 0.29) is 5.91 Å². The molecule has 3 nitrogen and oxygen atoms in total. The maximum atomic E-state index is 11.4. The number of nitrogens with zero attached hydrogens (tertiary/aromatic N) is 1. The highest BCUT2D eigenvalue weighted by molar-refractivity contribution is 7.13. The molecule has 0 aromatic carbocycles. The molecule has 0 aliphatic carbocycles. The summed E-state index contributed by atoms with van der Waals surface area (Å²) in [4.78, 5) is 15.7. The van der Waals surface area contributed by atoms with E-state index < -0.39 is 0 Å². The van der Waals surface area contributed by atoms with E-state index in [4.69, 9.17) is 0 Å². The number of hydrogen-bond donors (Lipinski definition) is 1. The number of anilines is 1. The zero-order valence-electron chi connectivity index (χ0n) is 9.50. The second-order valence-electron chi connectivity index (χ2n) is 3.94. The van der Waals surface area contributed by atoms with Crippen LogP contribution in [0.25, 0.3) is 0 Å². The zero-order chi connectivity index (χ0) is 11.4. The third-order valence-corrected chi connectivity index (χ3v) is 2.54. The molecule has 0 aliphatic rings. The van der Waals surface area contributed by atoms with Crippen molar-refractivity contribution >= 4 is 22.4 Å². The summed E-state index contributed by atoms with van der Waals surface area (Å²) in [5, 5.41) is 5.38. The summed E-state index contributed by atoms with van der Waals surface area (Å²) >= 11 is 1.46. The monoisotopic (exact) mass is 224 g/mol. The number of allylic oxidation sites excluding steroid dienone is 1. The van der Waals surface area contributed by atoms with Crippen LogP contribution >= 0.6 is 11.3 Å². The number of hydrogen-bond acceptors (Lipinski definition) is 3. The van der Waals surface area contributed by atoms with Crippen molar-refractivity contribution < 1.29 is 4.79 Å². The van der Waals surface area contributed by atoms with Crippen molar-refractivity contribution in [3.8, 4) is 0 Å². The highest BCUT2D eigenvalue weighted by Crippen LogP contribution is 2.21. The second kappa shape index (κ2) is 5.07. The first-order valence-electron chi connectivity index (χ1n) is 4.90. The number of carbonyl (C=O) groups is 1. The van der Waals surface area contributed by atoms with E-state index in [0.717, 1.165) is 11.3 Å². The maximum absolute atomic E-state index is 11.4. The van der Waals surface area contributed by atoms with E-state index >= 15 is 0 Å². The third kappa shape index (κ3) is 3.83. The van der Waals surface area contributed by atoms with Gasteiger partial charge in [0.25, 0.3) is 0 Å². The van der Waals surface area contributed by atoms with Crippen molar-refractivity contribution in [2.75, 3.05) is 5.32 Å². The van der Waals surface area contributed by atoms with Crippen LogP contribution in [0.3, 0.4) is 0 Å². The van der Waals surface area contributed by atoms with Gasteiger partial charge in [-0.1, -0.05) is 19.4 Å². The molecule has 0 atom stereocenters. The molecule has 0 unspecified atom stereocenters. The van der Waals surface area contributed by atoms with Gasteiger partial charge in [0.2, 0.25) is 5.91 Å². The van der Waals surface area contributed by atoms with Crippen molar-refractivity contribution in [3.63, 3.8) is 0 Å². The largest absolute Gasteiger partial charge is 0.298 e. The molecule has 0 bridgehead atoms. The number of aromatic nitrogens is 1. The molecule has 0 saturated carbocycles. The van der Waals surface area contributed by atoms with Gasteiger partial charge in [-0.25, -0.2) is 4.98 Å². The first-order valence-corrected chi connectivity index (χ1v) is 5.78. The van der Waals surface area contributed by atoms with Crippen LogP contribution in [-0.4, -0.2) is 10.9 Å². The van der Waals surface area contributed by atoms with E-state index in [9.17, 15) is 4.79 Å². The highest BCUT2D eigenvalue weighted by atomic mass is 32.1. The van der Waals surface area contributed by atoms with E-state index in [2.05, 4.69) is 24.1 Å². The molecule has 0 spiro atoms. The van der Waals surface area contributed by atoms with E-state index in [1.54, 1.807) is 6.08 Å². The highest BCUT2D eigenvalue weighted by Gasteiger charge is 2.06. The molecule has 15 heavy (non-hydrogen) atoms. The Balaban J connectivity index is 2.65. The molecular formula is C11H16N2OS. The summed E-state index contributed by atoms with van der Waals surface area (Å²) in [6.45, 7) is 7.94. The van der Waals surface area contributed by atoms with Gasteiger partial charge in [0.15, 0.2) is 5.13 Å². The van der Waals surface area contributed by atoms with Crippen molar-refractivity contribution in [2.24, 2.45) is 0 Å². The quantitative estimate of drug-likeness (QED) is 0.801. The fourth-order valence-electron chi connectivity index (χ4n) is 1.01. The molecule has 1 heterocycles. The summed E-state index contributed by atoms with van der Waals surface area (Å²) in [6, 6.07) is 0. The van der Waals surface area contributed by atoms with E-state index in [1.807, 2.05) is 19.2 Å². The van der Waals surface area contributed by atoms with Gasteiger partial charge in [0.05, 0.1) is 5.69 Å². The predicted molar refractivity (Wildman–Crippen MR) is 64.3 cm³/mol. The molecular weight excluding hydrogens is 208 g/mol. The number of carbonyl (C=O) groups excluding carboxylic acids is 1. The van der Waals surface area contributed by atoms with Gasteiger partial charge < -0.3 is 0 Å². The van der Waals surface area contributed by atoms with Crippen molar-refractivity contribution in [2.45, 2.75) is 33.6 Å². The maximum Gasteiger partial charge on any atom is 0.250 e. The van der Waals surface area contributed by atoms with Gasteiger partial charge in [-0.3, -0.25) is 10.1 Å². The van der Waals surface area contributed by atoms with Gasteiger partial charge in [-0.15, -0.1) is 11.3 Å². The molecule has 1 amide bonds. The molecule has 0 saturated heterocycles. The minimum atomic E-state index is -0.111. The first kappa shape index (κ1) is 11.9. The topological polar surface area (TPSA) is 42.0 Å². The van der Waals surface area contributed by atoms with Crippen LogP contribution in [-0.2, 0) is 4.79 Å². The Morgan fingerprint density at radius 2 is 2.20 bits per heavy atom. The Bertz CT molecular complexity index is 376. The lowest BCUT2D eigenvalue weighted by Gasteiger charge is -1.98. The summed E-state index contributed by atoms with van der Waals surface area (Å²) in [5.41, 5.74) is 2.00. The predicted octanol–water partition coefficient (Wildman–Crippen LogP) is 3.17. The summed E-state index contributed by atoms with van der Waals surface area (Å²) < 4.78 is 0. The van der Waals surface area contributed by atoms with Gasteiger partial charge in [-0.05, 0) is 19.8 Å². The lowest BCUT2D eigenvalue weighted by molar-refractivity contribution is -0.111. The van der Waals surface area contributed by atoms with Crippen molar-refractivity contribution in [1.29, 1.82) is 0 Å². The van der Waals surface area contributed by atoms with Gasteiger partial charge in [0, 0.05) is 11.5 Å². The zero-order valence-corrected chi connectivity index (χ0v) is 10.3. The minimum Gasteiger partial charge on any atom is -0.298 e. The number of rotatable bonds is 3. The first-order chi connectivity index (χ1) is 6.99. The third-order valence-electron chi connectivity index (χ3n) is 1.76. The van der Waals surface area contributed by atoms with Crippen molar-refractivity contribution in [1.82, 2.24) is 4.98 Å². The van der Waals surface area contributed by atoms with Crippen LogP contribution in [0.4, 0.5) is 5.13 Å². The Morgan fingerprint density at radius 3 is 2.67 bits per heavy atom. The molecule has 82 valence electrons. The van der Waals surface area contributed by atoms with E-state index in [0.29, 0.717) is 11.0 Å². The number of amides is 1. The average molecular weight is 224 g/mol. The molecule has 0 fully saturated rings. The standard InChI is InChI=1S/C11H16N2OS/c1-7(2)5-10(14)13-11-12-9(6-15-11)8(3)4/h5-6,8H,1-4H3,(H,12,13,14). The summed E-state index contributed by atoms with van der Waals surface area (Å²) in [7, 11) is 0. The van der Waals surface area contributed by atoms with Crippen molar-refractivity contribution in [3.05, 3.63) is 22.7 Å². The molecule has 1 N–H and O–H groups in total. The van der Waals surface area contributed by atoms with Crippen LogP contribution in [0.1, 0.15) is 39.3 Å². The Morgan fingerprint density at radius 1 is 1.53 bits per heavy atom. The lowest BCUT2D eigenvalue weighted by Crippen LogP contribution is -2.08. The smallest absolute Gasteiger partial charge is 0.250 e. The van der Waals surface area contributed by atoms with Gasteiger partial charge in [-0.2, -0.15) is 0 Å². The average Bonchev–Trinajstić information content (AvgIpc) is 2.50. The van der Waals surface area contributed by atoms with Crippen LogP contribution in [0, 0.1) is 0 Å². The van der Waals surface area contributed by atoms with E-state index in [1.165, 1.54) is 11.3 Å². The molecule has 0 aliphatic heterocycles. The fourth-order valence-corrected chi connectivity index (χ4v) is 1.89. The minimum absolute atomic E-state index is 0.111. The molecule has 1 aromatic heterocycles. The van der Waals surface area contributed by atoms with Crippen LogP contribution in [0.15, 0.2) is 17.0 Å². The number of thiazole rings is 1. The SMILES string of the molecule is CC(C)=CC(=O)Nc1nc(C(C)C)cs1. The molecule has 0 radical (unpaired) electrons. The van der Waals surface area contributed by atoms with Crippen LogP contribution < -0.4 is 5.32 Å². The fraction of sp³-hybridized carbons (Fsp3) is 0.455. The van der Waals surface area contributed by atoms with Gasteiger partial charge in [0.1, 0.15) is 0 Å². The van der Waals surface area contributed by atoms with Gasteiger partial charge >= 0.3 is 0 Å². The molecule has 4 heteroatoms. The lowest BCUT2D eigenvalue weighted by atomic mass is 10.2. The second-order valence-corrected chi connectivity index (χ2v) is 4.80. The summed E-state index contributed by atoms with van der Waals surface area (Å²) in [6.07, 6.45) is 1.57.